The van der Waals surface area contributed by atoms with Crippen molar-refractivity contribution in [2.24, 2.45) is 5.73 Å². The third-order valence-electron chi connectivity index (χ3n) is 1.74. The highest BCUT2D eigenvalue weighted by atomic mass is 35.5. The van der Waals surface area contributed by atoms with Crippen LogP contribution in [0.15, 0.2) is 11.4 Å². The average molecular weight is 220 g/mol. The van der Waals surface area contributed by atoms with Crippen LogP contribution in [0.1, 0.15) is 18.7 Å². The summed E-state index contributed by atoms with van der Waals surface area (Å²) in [6.07, 6.45) is 0. The molecule has 1 atom stereocenters. The molecule has 1 aromatic heterocycles. The number of nitrogens with two attached hydrogens (primary N) is 1. The Kier molecular flexibility index (Phi) is 3.74. The second-order valence-electron chi connectivity index (χ2n) is 3.15. The van der Waals surface area contributed by atoms with Crippen molar-refractivity contribution in [2.45, 2.75) is 19.4 Å². The van der Waals surface area contributed by atoms with Crippen molar-refractivity contribution in [1.29, 1.82) is 0 Å². The summed E-state index contributed by atoms with van der Waals surface area (Å²) in [6.45, 7) is 5.06. The molecular formula is C9H14ClNOS. The zero-order valence-electron chi connectivity index (χ0n) is 7.84. The Balaban J connectivity index is 2.74. The van der Waals surface area contributed by atoms with Crippen molar-refractivity contribution in [1.82, 2.24) is 0 Å². The molecule has 1 rings (SSSR count). The van der Waals surface area contributed by atoms with E-state index in [9.17, 15) is 0 Å². The van der Waals surface area contributed by atoms with Gasteiger partial charge >= 0.3 is 0 Å². The molecular weight excluding hydrogens is 206 g/mol. The minimum absolute atomic E-state index is 0.471. The fraction of sp³-hybridized carbons (Fsp3) is 0.556. The monoisotopic (exact) mass is 219 g/mol. The van der Waals surface area contributed by atoms with Gasteiger partial charge in [0.05, 0.1) is 17.2 Å². The molecule has 74 valence electrons. The van der Waals surface area contributed by atoms with Gasteiger partial charge in [-0.1, -0.05) is 11.6 Å². The van der Waals surface area contributed by atoms with Gasteiger partial charge in [0.15, 0.2) is 0 Å². The van der Waals surface area contributed by atoms with E-state index < -0.39 is 5.54 Å². The molecule has 0 saturated heterocycles. The fourth-order valence-electron chi connectivity index (χ4n) is 1.08. The van der Waals surface area contributed by atoms with Crippen LogP contribution in [0.5, 0.6) is 0 Å². The topological polar surface area (TPSA) is 35.2 Å². The van der Waals surface area contributed by atoms with Crippen molar-refractivity contribution >= 4 is 22.9 Å². The standard InChI is InChI=1S/C9H14ClNOS/c1-3-12-6-9(2,11)8-7(10)4-5-13-8/h4-5H,3,6,11H2,1-2H3. The minimum Gasteiger partial charge on any atom is -0.379 e. The first-order chi connectivity index (χ1) is 6.08. The van der Waals surface area contributed by atoms with Crippen molar-refractivity contribution in [3.05, 3.63) is 21.3 Å². The lowest BCUT2D eigenvalue weighted by molar-refractivity contribution is 0.102. The lowest BCUT2D eigenvalue weighted by Gasteiger charge is -2.23. The molecule has 0 saturated carbocycles. The van der Waals surface area contributed by atoms with E-state index in [4.69, 9.17) is 22.1 Å². The zero-order chi connectivity index (χ0) is 9.90. The highest BCUT2D eigenvalue weighted by molar-refractivity contribution is 7.10. The van der Waals surface area contributed by atoms with Gasteiger partial charge in [-0.25, -0.2) is 0 Å². The quantitative estimate of drug-likeness (QED) is 0.845. The number of rotatable bonds is 4. The Morgan fingerprint density at radius 1 is 1.69 bits per heavy atom. The zero-order valence-corrected chi connectivity index (χ0v) is 9.41. The molecule has 1 heterocycles. The Hall–Kier alpha value is -0.0900. The van der Waals surface area contributed by atoms with Crippen molar-refractivity contribution < 1.29 is 4.74 Å². The molecule has 0 amide bonds. The molecule has 4 heteroatoms. The van der Waals surface area contributed by atoms with E-state index in [1.54, 1.807) is 11.3 Å². The van der Waals surface area contributed by atoms with E-state index in [1.807, 2.05) is 25.3 Å². The SMILES string of the molecule is CCOCC(C)(N)c1sccc1Cl. The summed E-state index contributed by atoms with van der Waals surface area (Å²) in [5.41, 5.74) is 5.60. The number of thiophene rings is 1. The lowest BCUT2D eigenvalue weighted by atomic mass is 10.0. The molecule has 1 unspecified atom stereocenters. The minimum atomic E-state index is -0.471. The van der Waals surface area contributed by atoms with Gasteiger partial charge in [0.25, 0.3) is 0 Å². The second-order valence-corrected chi connectivity index (χ2v) is 4.48. The first-order valence-electron chi connectivity index (χ1n) is 4.18. The first-order valence-corrected chi connectivity index (χ1v) is 5.44. The second kappa shape index (κ2) is 4.42. The molecule has 0 spiro atoms. The average Bonchev–Trinajstić information content (AvgIpc) is 2.48. The Morgan fingerprint density at radius 3 is 2.85 bits per heavy atom. The molecule has 0 aliphatic rings. The predicted octanol–water partition coefficient (Wildman–Crippen LogP) is 2.61. The number of hydrogen-bond donors (Lipinski definition) is 1. The highest BCUT2D eigenvalue weighted by Gasteiger charge is 2.25. The van der Waals surface area contributed by atoms with Gasteiger partial charge in [0, 0.05) is 11.5 Å². The summed E-state index contributed by atoms with van der Waals surface area (Å²) >= 11 is 7.55. The maximum absolute atomic E-state index is 6.07. The van der Waals surface area contributed by atoms with E-state index in [0.29, 0.717) is 13.2 Å². The van der Waals surface area contributed by atoms with Crippen LogP contribution in [0.25, 0.3) is 0 Å². The van der Waals surface area contributed by atoms with Gasteiger partial charge < -0.3 is 10.5 Å². The van der Waals surface area contributed by atoms with Gasteiger partial charge in [0.1, 0.15) is 0 Å². The largest absolute Gasteiger partial charge is 0.379 e. The van der Waals surface area contributed by atoms with Crippen LogP contribution in [0.2, 0.25) is 5.02 Å². The van der Waals surface area contributed by atoms with E-state index in [2.05, 4.69) is 0 Å². The molecule has 0 aliphatic carbocycles. The predicted molar refractivity (Wildman–Crippen MR) is 57.4 cm³/mol. The molecule has 0 bridgehead atoms. The van der Waals surface area contributed by atoms with Gasteiger partial charge in [-0.15, -0.1) is 11.3 Å². The molecule has 0 aliphatic heterocycles. The van der Waals surface area contributed by atoms with Crippen molar-refractivity contribution in [3.63, 3.8) is 0 Å². The van der Waals surface area contributed by atoms with Crippen LogP contribution < -0.4 is 5.73 Å². The summed E-state index contributed by atoms with van der Waals surface area (Å²) in [4.78, 5) is 0.989. The number of ether oxygens (including phenoxy) is 1. The van der Waals surface area contributed by atoms with Gasteiger partial charge in [-0.2, -0.15) is 0 Å². The van der Waals surface area contributed by atoms with Crippen LogP contribution in [0.4, 0.5) is 0 Å². The Labute approximate surface area is 87.7 Å². The molecule has 2 nitrogen and oxygen atoms in total. The summed E-state index contributed by atoms with van der Waals surface area (Å²) in [5, 5.41) is 2.67. The van der Waals surface area contributed by atoms with E-state index in [0.717, 1.165) is 9.90 Å². The smallest absolute Gasteiger partial charge is 0.0727 e. The van der Waals surface area contributed by atoms with Gasteiger partial charge in [-0.3, -0.25) is 0 Å². The molecule has 13 heavy (non-hydrogen) atoms. The fourth-order valence-corrected chi connectivity index (χ4v) is 2.42. The summed E-state index contributed by atoms with van der Waals surface area (Å²) in [6, 6.07) is 1.86. The third kappa shape index (κ3) is 2.68. The van der Waals surface area contributed by atoms with E-state index >= 15 is 0 Å². The van der Waals surface area contributed by atoms with Crippen LogP contribution in [0, 0.1) is 0 Å². The van der Waals surface area contributed by atoms with Crippen LogP contribution in [-0.4, -0.2) is 13.2 Å². The van der Waals surface area contributed by atoms with Crippen molar-refractivity contribution in [3.8, 4) is 0 Å². The van der Waals surface area contributed by atoms with E-state index in [-0.39, 0.29) is 0 Å². The maximum atomic E-state index is 6.07. The summed E-state index contributed by atoms with van der Waals surface area (Å²) < 4.78 is 5.30. The summed E-state index contributed by atoms with van der Waals surface area (Å²) in [7, 11) is 0. The molecule has 0 fully saturated rings. The van der Waals surface area contributed by atoms with Gasteiger partial charge in [0.2, 0.25) is 0 Å². The Morgan fingerprint density at radius 2 is 2.38 bits per heavy atom. The van der Waals surface area contributed by atoms with Crippen LogP contribution in [0.3, 0.4) is 0 Å². The van der Waals surface area contributed by atoms with E-state index in [1.165, 1.54) is 0 Å². The molecule has 2 N–H and O–H groups in total. The maximum Gasteiger partial charge on any atom is 0.0727 e. The number of hydrogen-bond acceptors (Lipinski definition) is 3. The van der Waals surface area contributed by atoms with Crippen molar-refractivity contribution in [2.75, 3.05) is 13.2 Å². The third-order valence-corrected chi connectivity index (χ3v) is 3.36. The molecule has 0 radical (unpaired) electrons. The summed E-state index contributed by atoms with van der Waals surface area (Å²) in [5.74, 6) is 0. The Bertz CT molecular complexity index is 272. The van der Waals surface area contributed by atoms with Gasteiger partial charge in [-0.05, 0) is 25.3 Å². The van der Waals surface area contributed by atoms with Crippen LogP contribution >= 0.6 is 22.9 Å². The highest BCUT2D eigenvalue weighted by Crippen LogP contribution is 2.31. The van der Waals surface area contributed by atoms with Crippen LogP contribution in [-0.2, 0) is 10.3 Å². The lowest BCUT2D eigenvalue weighted by Crippen LogP contribution is -2.37. The molecule has 0 aromatic carbocycles. The normalized spacial score (nSPS) is 15.7. The molecule has 1 aromatic rings. The number of halogens is 1. The first kappa shape index (κ1) is 11.0.